The van der Waals surface area contributed by atoms with Gasteiger partial charge in [0, 0.05) is 6.20 Å². The lowest BCUT2D eigenvalue weighted by atomic mass is 10.2. The molecule has 6 nitrogen and oxygen atoms in total. The lowest BCUT2D eigenvalue weighted by Crippen LogP contribution is -2.30. The van der Waals surface area contributed by atoms with Gasteiger partial charge in [-0.3, -0.25) is 9.78 Å². The number of nitrogens with one attached hydrogen (secondary N) is 2. The van der Waals surface area contributed by atoms with Crippen LogP contribution in [0.2, 0.25) is 0 Å². The van der Waals surface area contributed by atoms with E-state index >= 15 is 0 Å². The summed E-state index contributed by atoms with van der Waals surface area (Å²) in [5.74, 6) is 0.524. The highest BCUT2D eigenvalue weighted by Crippen LogP contribution is 2.11. The van der Waals surface area contributed by atoms with Gasteiger partial charge >= 0.3 is 0 Å². The van der Waals surface area contributed by atoms with Gasteiger partial charge in [-0.25, -0.2) is 4.98 Å². The molecule has 0 saturated carbocycles. The van der Waals surface area contributed by atoms with Crippen LogP contribution < -0.4 is 5.32 Å². The highest BCUT2D eigenvalue weighted by atomic mass is 16.5. The van der Waals surface area contributed by atoms with Crippen molar-refractivity contribution in [3.63, 3.8) is 0 Å². The van der Waals surface area contributed by atoms with E-state index in [1.54, 1.807) is 6.20 Å². The zero-order valence-electron chi connectivity index (χ0n) is 12.8. The number of pyridine rings is 1. The number of hydrogen-bond donors (Lipinski definition) is 2. The molecule has 0 spiro atoms. The van der Waals surface area contributed by atoms with Crippen molar-refractivity contribution in [1.29, 1.82) is 0 Å². The van der Waals surface area contributed by atoms with Gasteiger partial charge in [-0.2, -0.15) is 0 Å². The fourth-order valence-electron chi connectivity index (χ4n) is 2.30. The van der Waals surface area contributed by atoms with Crippen molar-refractivity contribution in [1.82, 2.24) is 20.3 Å². The maximum atomic E-state index is 11.9. The Morgan fingerprint density at radius 2 is 2.09 bits per heavy atom. The molecule has 1 amide bonds. The van der Waals surface area contributed by atoms with Crippen LogP contribution >= 0.6 is 0 Å². The summed E-state index contributed by atoms with van der Waals surface area (Å²) >= 11 is 0. The van der Waals surface area contributed by atoms with Crippen LogP contribution in [-0.4, -0.2) is 27.5 Å². The highest BCUT2D eigenvalue weighted by molar-refractivity contribution is 5.77. The Labute approximate surface area is 133 Å². The van der Waals surface area contributed by atoms with Crippen LogP contribution in [0.4, 0.5) is 0 Å². The first kappa shape index (κ1) is 15.2. The molecule has 1 atom stereocenters. The summed E-state index contributed by atoms with van der Waals surface area (Å²) in [7, 11) is 0. The molecular formula is C17H18N4O2. The molecular weight excluding hydrogens is 292 g/mol. The van der Waals surface area contributed by atoms with Crippen molar-refractivity contribution in [2.75, 3.05) is 6.61 Å². The Morgan fingerprint density at radius 3 is 2.87 bits per heavy atom. The molecule has 0 aliphatic heterocycles. The predicted octanol–water partition coefficient (Wildman–Crippen LogP) is 2.35. The molecule has 3 rings (SSSR count). The molecule has 0 unspecified atom stereocenters. The lowest BCUT2D eigenvalue weighted by molar-refractivity contribution is -0.126. The van der Waals surface area contributed by atoms with E-state index in [0.717, 1.165) is 16.7 Å². The Kier molecular flexibility index (Phi) is 4.63. The van der Waals surface area contributed by atoms with Crippen LogP contribution in [0, 0.1) is 0 Å². The first-order chi connectivity index (χ1) is 11.2. The third-order valence-electron chi connectivity index (χ3n) is 3.42. The molecule has 2 aromatic heterocycles. The molecule has 0 saturated heterocycles. The summed E-state index contributed by atoms with van der Waals surface area (Å²) in [6.07, 6.45) is 1.70. The number of fused-ring (bicyclic) bond motifs is 1. The highest BCUT2D eigenvalue weighted by Gasteiger charge is 2.10. The minimum absolute atomic E-state index is 0.0196. The lowest BCUT2D eigenvalue weighted by Gasteiger charge is -2.13. The molecule has 118 valence electrons. The van der Waals surface area contributed by atoms with Crippen molar-refractivity contribution in [2.24, 2.45) is 0 Å². The van der Waals surface area contributed by atoms with Gasteiger partial charge in [0.15, 0.2) is 0 Å². The number of ether oxygens (including phenoxy) is 1. The first-order valence-electron chi connectivity index (χ1n) is 7.44. The van der Waals surface area contributed by atoms with Crippen molar-refractivity contribution >= 4 is 16.9 Å². The van der Waals surface area contributed by atoms with Crippen molar-refractivity contribution in [2.45, 2.75) is 19.6 Å². The number of hydrogen-bond acceptors (Lipinski definition) is 4. The maximum Gasteiger partial charge on any atom is 0.246 e. The standard InChI is InChI=1S/C17H18N4O2/c1-12(13-6-4-5-9-18-13)19-17(22)11-23-10-16-20-14-7-2-3-8-15(14)21-16/h2-9,12H,10-11H2,1H3,(H,19,22)(H,20,21)/t12-/m0/s1. The normalized spacial score (nSPS) is 12.2. The Bertz CT molecular complexity index is 752. The number of carbonyl (C=O) groups is 1. The van der Waals surface area contributed by atoms with Gasteiger partial charge in [-0.1, -0.05) is 18.2 Å². The largest absolute Gasteiger partial charge is 0.364 e. The average Bonchev–Trinajstić information content (AvgIpc) is 2.98. The average molecular weight is 310 g/mol. The molecule has 23 heavy (non-hydrogen) atoms. The number of benzene rings is 1. The van der Waals surface area contributed by atoms with Gasteiger partial charge < -0.3 is 15.0 Å². The van der Waals surface area contributed by atoms with Gasteiger partial charge in [0.2, 0.25) is 5.91 Å². The number of aromatic amines is 1. The van der Waals surface area contributed by atoms with Crippen LogP contribution in [0.25, 0.3) is 11.0 Å². The molecule has 2 N–H and O–H groups in total. The summed E-state index contributed by atoms with van der Waals surface area (Å²) in [5, 5.41) is 2.85. The van der Waals surface area contributed by atoms with Crippen LogP contribution in [0.1, 0.15) is 24.5 Å². The summed E-state index contributed by atoms with van der Waals surface area (Å²) in [6.45, 7) is 2.13. The van der Waals surface area contributed by atoms with E-state index < -0.39 is 0 Å². The summed E-state index contributed by atoms with van der Waals surface area (Å²) in [6, 6.07) is 13.2. The van der Waals surface area contributed by atoms with Gasteiger partial charge in [0.05, 0.1) is 22.8 Å². The third kappa shape index (κ3) is 3.92. The van der Waals surface area contributed by atoms with Gasteiger partial charge in [-0.15, -0.1) is 0 Å². The maximum absolute atomic E-state index is 11.9. The number of aromatic nitrogens is 3. The molecule has 0 radical (unpaired) electrons. The summed E-state index contributed by atoms with van der Waals surface area (Å²) in [5.41, 5.74) is 2.66. The third-order valence-corrected chi connectivity index (χ3v) is 3.42. The molecule has 6 heteroatoms. The fraction of sp³-hybridized carbons (Fsp3) is 0.235. The first-order valence-corrected chi connectivity index (χ1v) is 7.44. The zero-order chi connectivity index (χ0) is 16.1. The molecule has 3 aromatic rings. The molecule has 0 fully saturated rings. The monoisotopic (exact) mass is 310 g/mol. The van der Waals surface area contributed by atoms with E-state index in [0.29, 0.717) is 5.82 Å². The molecule has 0 bridgehead atoms. The van der Waals surface area contributed by atoms with Gasteiger partial charge in [-0.05, 0) is 31.2 Å². The van der Waals surface area contributed by atoms with E-state index in [2.05, 4.69) is 20.3 Å². The Balaban J connectivity index is 1.47. The molecule has 0 aliphatic rings. The zero-order valence-corrected chi connectivity index (χ0v) is 12.8. The number of amides is 1. The van der Waals surface area contributed by atoms with E-state index in [9.17, 15) is 4.79 Å². The Hall–Kier alpha value is -2.73. The minimum Gasteiger partial charge on any atom is -0.364 e. The van der Waals surface area contributed by atoms with Crippen molar-refractivity contribution < 1.29 is 9.53 Å². The SMILES string of the molecule is C[C@H](NC(=O)COCc1nc2ccccc2[nH]1)c1ccccn1. The predicted molar refractivity (Wildman–Crippen MR) is 86.5 cm³/mol. The topological polar surface area (TPSA) is 79.9 Å². The van der Waals surface area contributed by atoms with Gasteiger partial charge in [0.25, 0.3) is 0 Å². The molecule has 1 aromatic carbocycles. The van der Waals surface area contributed by atoms with E-state index in [1.807, 2.05) is 49.4 Å². The van der Waals surface area contributed by atoms with E-state index in [-0.39, 0.29) is 25.2 Å². The van der Waals surface area contributed by atoms with Crippen LogP contribution in [-0.2, 0) is 16.1 Å². The van der Waals surface area contributed by atoms with Crippen molar-refractivity contribution in [3.8, 4) is 0 Å². The van der Waals surface area contributed by atoms with Crippen LogP contribution in [0.3, 0.4) is 0 Å². The smallest absolute Gasteiger partial charge is 0.246 e. The van der Waals surface area contributed by atoms with E-state index in [1.165, 1.54) is 0 Å². The van der Waals surface area contributed by atoms with E-state index in [4.69, 9.17) is 4.74 Å². The molecule has 2 heterocycles. The quantitative estimate of drug-likeness (QED) is 0.732. The minimum atomic E-state index is -0.181. The van der Waals surface area contributed by atoms with Crippen LogP contribution in [0.5, 0.6) is 0 Å². The molecule has 0 aliphatic carbocycles. The number of H-pyrrole nitrogens is 1. The number of carbonyl (C=O) groups excluding carboxylic acids is 1. The second-order valence-corrected chi connectivity index (χ2v) is 5.24. The summed E-state index contributed by atoms with van der Waals surface area (Å²) in [4.78, 5) is 23.7. The number of rotatable bonds is 6. The number of imidazole rings is 1. The fourth-order valence-corrected chi connectivity index (χ4v) is 2.30. The Morgan fingerprint density at radius 1 is 1.26 bits per heavy atom. The van der Waals surface area contributed by atoms with Crippen LogP contribution in [0.15, 0.2) is 48.7 Å². The number of nitrogens with zero attached hydrogens (tertiary/aromatic N) is 2. The van der Waals surface area contributed by atoms with Gasteiger partial charge in [0.1, 0.15) is 19.0 Å². The number of para-hydroxylation sites is 2. The second-order valence-electron chi connectivity index (χ2n) is 5.24. The second kappa shape index (κ2) is 7.02. The van der Waals surface area contributed by atoms with Crippen molar-refractivity contribution in [3.05, 3.63) is 60.2 Å². The summed E-state index contributed by atoms with van der Waals surface area (Å²) < 4.78 is 5.42.